The first-order valence-electron chi connectivity index (χ1n) is 5.41. The monoisotopic (exact) mass is 211 g/mol. The molecule has 0 aromatic rings. The summed E-state index contributed by atoms with van der Waals surface area (Å²) in [7, 11) is 0. The Bertz CT molecular complexity index is 284. The molecule has 1 atom stereocenters. The van der Waals surface area contributed by atoms with Crippen LogP contribution >= 0.6 is 0 Å². The minimum atomic E-state index is 0.0218. The van der Waals surface area contributed by atoms with Crippen LogP contribution in [0, 0.1) is 0 Å². The van der Waals surface area contributed by atoms with E-state index in [-0.39, 0.29) is 18.0 Å². The molecule has 1 unspecified atom stereocenters. The Balaban J connectivity index is 2.12. The van der Waals surface area contributed by atoms with Gasteiger partial charge in [0.15, 0.2) is 5.96 Å². The summed E-state index contributed by atoms with van der Waals surface area (Å²) in [5.74, 6) is 0.479. The molecule has 0 aromatic heterocycles. The molecule has 84 valence electrons. The van der Waals surface area contributed by atoms with Crippen LogP contribution in [-0.4, -0.2) is 42.1 Å². The van der Waals surface area contributed by atoms with E-state index in [9.17, 15) is 4.79 Å². The van der Waals surface area contributed by atoms with Crippen molar-refractivity contribution in [1.29, 1.82) is 0 Å². The third-order valence-corrected chi connectivity index (χ3v) is 2.89. The zero-order valence-corrected chi connectivity index (χ0v) is 8.98. The molecular weight excluding hydrogens is 194 g/mol. The number of guanidine groups is 1. The number of aliphatic imine (C=N–C) groups is 1. The molecule has 0 aliphatic carbocycles. The van der Waals surface area contributed by atoms with Crippen LogP contribution in [0.4, 0.5) is 0 Å². The first-order valence-corrected chi connectivity index (χ1v) is 5.41. The molecule has 15 heavy (non-hydrogen) atoms. The molecule has 1 fully saturated rings. The number of nitrogens with two attached hydrogens (primary N) is 1. The topological polar surface area (TPSA) is 67.9 Å². The highest BCUT2D eigenvalue weighted by Gasteiger charge is 2.32. The van der Waals surface area contributed by atoms with Gasteiger partial charge in [0.2, 0.25) is 5.91 Å². The second kappa shape index (κ2) is 4.18. The van der Waals surface area contributed by atoms with E-state index in [1.54, 1.807) is 4.90 Å². The van der Waals surface area contributed by atoms with Crippen molar-refractivity contribution < 1.29 is 9.53 Å². The summed E-state index contributed by atoms with van der Waals surface area (Å²) < 4.78 is 5.26. The van der Waals surface area contributed by atoms with E-state index in [0.717, 1.165) is 12.8 Å². The van der Waals surface area contributed by atoms with Gasteiger partial charge in [0.1, 0.15) is 0 Å². The zero-order chi connectivity index (χ0) is 10.8. The van der Waals surface area contributed by atoms with Crippen molar-refractivity contribution in [2.75, 3.05) is 13.2 Å². The van der Waals surface area contributed by atoms with Gasteiger partial charge < -0.3 is 10.5 Å². The fraction of sp³-hybridized carbons (Fsp3) is 0.800. The van der Waals surface area contributed by atoms with Gasteiger partial charge in [0, 0.05) is 25.7 Å². The van der Waals surface area contributed by atoms with Crippen molar-refractivity contribution >= 4 is 11.9 Å². The highest BCUT2D eigenvalue weighted by Crippen LogP contribution is 2.19. The number of hydrogen-bond donors (Lipinski definition) is 1. The van der Waals surface area contributed by atoms with Crippen molar-refractivity contribution in [3.8, 4) is 0 Å². The van der Waals surface area contributed by atoms with Crippen LogP contribution in [-0.2, 0) is 9.53 Å². The molecule has 2 rings (SSSR count). The number of rotatable bonds is 1. The maximum atomic E-state index is 11.8. The Kier molecular flexibility index (Phi) is 2.90. The average Bonchev–Trinajstić information content (AvgIpc) is 2.17. The van der Waals surface area contributed by atoms with Crippen LogP contribution in [0.2, 0.25) is 0 Å². The van der Waals surface area contributed by atoms with Crippen molar-refractivity contribution in [2.45, 2.75) is 38.3 Å². The molecule has 2 heterocycles. The minimum absolute atomic E-state index is 0.0218. The molecular formula is C10H17N3O2. The summed E-state index contributed by atoms with van der Waals surface area (Å²) in [6, 6.07) is 0.205. The van der Waals surface area contributed by atoms with Crippen LogP contribution in [0.3, 0.4) is 0 Å². The zero-order valence-electron chi connectivity index (χ0n) is 8.98. The molecule has 2 N–H and O–H groups in total. The number of hydrogen-bond acceptors (Lipinski definition) is 4. The van der Waals surface area contributed by atoms with Gasteiger partial charge in [-0.15, -0.1) is 0 Å². The van der Waals surface area contributed by atoms with Gasteiger partial charge in [-0.25, -0.2) is 4.99 Å². The van der Waals surface area contributed by atoms with E-state index >= 15 is 0 Å². The third kappa shape index (κ3) is 2.12. The summed E-state index contributed by atoms with van der Waals surface area (Å²) in [5.41, 5.74) is 5.80. The van der Waals surface area contributed by atoms with E-state index in [0.29, 0.717) is 25.6 Å². The fourth-order valence-corrected chi connectivity index (χ4v) is 2.15. The number of amides is 1. The Morgan fingerprint density at radius 2 is 2.13 bits per heavy atom. The van der Waals surface area contributed by atoms with Crippen LogP contribution in [0.15, 0.2) is 4.99 Å². The van der Waals surface area contributed by atoms with E-state index in [1.807, 2.05) is 6.92 Å². The predicted molar refractivity (Wildman–Crippen MR) is 56.4 cm³/mol. The van der Waals surface area contributed by atoms with Gasteiger partial charge in [-0.1, -0.05) is 0 Å². The number of nitrogens with zero attached hydrogens (tertiary/aromatic N) is 2. The Morgan fingerprint density at radius 3 is 2.73 bits per heavy atom. The van der Waals surface area contributed by atoms with E-state index in [1.165, 1.54) is 0 Å². The largest absolute Gasteiger partial charge is 0.381 e. The van der Waals surface area contributed by atoms with E-state index in [4.69, 9.17) is 10.5 Å². The van der Waals surface area contributed by atoms with Crippen LogP contribution in [0.25, 0.3) is 0 Å². The normalized spacial score (nSPS) is 29.1. The Morgan fingerprint density at radius 1 is 1.47 bits per heavy atom. The standard InChI is InChI=1S/C10H17N3O2/c1-7-6-9(14)13(10(11)12-7)8-2-4-15-5-3-8/h7-8H,2-6H2,1H3,(H2,11,12). The molecule has 0 radical (unpaired) electrons. The van der Waals surface area contributed by atoms with Gasteiger partial charge in [0.05, 0.1) is 6.04 Å². The molecule has 0 aromatic carbocycles. The van der Waals surface area contributed by atoms with Gasteiger partial charge >= 0.3 is 0 Å². The Labute approximate surface area is 89.3 Å². The predicted octanol–water partition coefficient (Wildman–Crippen LogP) is 0.101. The first-order chi connectivity index (χ1) is 7.18. The molecule has 2 aliphatic rings. The lowest BCUT2D eigenvalue weighted by Gasteiger charge is -2.36. The molecule has 5 heteroatoms. The first kappa shape index (κ1) is 10.4. The van der Waals surface area contributed by atoms with Gasteiger partial charge in [-0.3, -0.25) is 9.69 Å². The summed E-state index contributed by atoms with van der Waals surface area (Å²) in [4.78, 5) is 17.7. The molecule has 5 nitrogen and oxygen atoms in total. The van der Waals surface area contributed by atoms with Crippen molar-refractivity contribution in [1.82, 2.24) is 4.90 Å². The number of carbonyl (C=O) groups excluding carboxylic acids is 1. The smallest absolute Gasteiger partial charge is 0.231 e. The molecule has 0 spiro atoms. The second-order valence-electron chi connectivity index (χ2n) is 4.15. The van der Waals surface area contributed by atoms with Gasteiger partial charge in [-0.2, -0.15) is 0 Å². The van der Waals surface area contributed by atoms with E-state index < -0.39 is 0 Å². The van der Waals surface area contributed by atoms with Crippen LogP contribution in [0.5, 0.6) is 0 Å². The average molecular weight is 211 g/mol. The lowest BCUT2D eigenvalue weighted by atomic mass is 10.1. The molecule has 1 amide bonds. The molecule has 1 saturated heterocycles. The SMILES string of the molecule is CC1CC(=O)N(C2CCOCC2)C(N)=N1. The van der Waals surface area contributed by atoms with Gasteiger partial charge in [-0.05, 0) is 19.8 Å². The number of ether oxygens (including phenoxy) is 1. The lowest BCUT2D eigenvalue weighted by molar-refractivity contribution is -0.131. The minimum Gasteiger partial charge on any atom is -0.381 e. The highest BCUT2D eigenvalue weighted by atomic mass is 16.5. The molecule has 0 saturated carbocycles. The second-order valence-corrected chi connectivity index (χ2v) is 4.15. The van der Waals surface area contributed by atoms with Crippen molar-refractivity contribution in [3.63, 3.8) is 0 Å². The summed E-state index contributed by atoms with van der Waals surface area (Å²) >= 11 is 0. The molecule has 2 aliphatic heterocycles. The maximum absolute atomic E-state index is 11.8. The van der Waals surface area contributed by atoms with Crippen molar-refractivity contribution in [3.05, 3.63) is 0 Å². The fourth-order valence-electron chi connectivity index (χ4n) is 2.15. The van der Waals surface area contributed by atoms with E-state index in [2.05, 4.69) is 4.99 Å². The lowest BCUT2D eigenvalue weighted by Crippen LogP contribution is -2.53. The van der Waals surface area contributed by atoms with Crippen molar-refractivity contribution in [2.24, 2.45) is 10.7 Å². The summed E-state index contributed by atoms with van der Waals surface area (Å²) in [5, 5.41) is 0. The summed E-state index contributed by atoms with van der Waals surface area (Å²) in [6.45, 7) is 3.32. The van der Waals surface area contributed by atoms with Gasteiger partial charge in [0.25, 0.3) is 0 Å². The number of carbonyl (C=O) groups is 1. The van der Waals surface area contributed by atoms with Crippen LogP contribution < -0.4 is 5.73 Å². The Hall–Kier alpha value is -1.10. The summed E-state index contributed by atoms with van der Waals surface area (Å²) in [6.07, 6.45) is 2.19. The van der Waals surface area contributed by atoms with Crippen LogP contribution in [0.1, 0.15) is 26.2 Å². The highest BCUT2D eigenvalue weighted by molar-refractivity contribution is 5.98. The maximum Gasteiger partial charge on any atom is 0.231 e. The molecule has 0 bridgehead atoms. The quantitative estimate of drug-likeness (QED) is 0.669. The third-order valence-electron chi connectivity index (χ3n) is 2.89.